The van der Waals surface area contributed by atoms with Gasteiger partial charge in [-0.3, -0.25) is 0 Å². The first kappa shape index (κ1) is 6.78. The molecule has 2 rings (SSSR count). The van der Waals surface area contributed by atoms with Gasteiger partial charge in [-0.05, 0) is 16.5 Å². The maximum atomic E-state index is 11.0. The van der Waals surface area contributed by atoms with Crippen LogP contribution in [0.25, 0.3) is 5.69 Å². The molecule has 1 aromatic heterocycles. The normalized spacial score (nSPS) is 10.0. The molecule has 1 radical (unpaired) electrons. The van der Waals surface area contributed by atoms with Gasteiger partial charge in [0.15, 0.2) is 0 Å². The summed E-state index contributed by atoms with van der Waals surface area (Å²) in [6.07, 6.45) is 0. The van der Waals surface area contributed by atoms with Gasteiger partial charge in [-0.25, -0.2) is 9.89 Å². The molecule has 0 fully saturated rings. The van der Waals surface area contributed by atoms with Gasteiger partial charge >= 0.3 is 5.69 Å². The van der Waals surface area contributed by atoms with Crippen LogP contribution in [0.3, 0.4) is 0 Å². The van der Waals surface area contributed by atoms with E-state index in [2.05, 4.69) is 21.6 Å². The SMILES string of the molecule is O=c1[nH]nnn1-c1[c]cccc1. The first-order valence-electron chi connectivity index (χ1n) is 3.35. The molecule has 0 aliphatic carbocycles. The molecular formula is C7H5N4O. The molecule has 59 valence electrons. The van der Waals surface area contributed by atoms with E-state index in [1.807, 2.05) is 6.07 Å². The van der Waals surface area contributed by atoms with Crippen molar-refractivity contribution in [2.24, 2.45) is 0 Å². The van der Waals surface area contributed by atoms with E-state index in [1.54, 1.807) is 18.2 Å². The molecule has 0 aliphatic rings. The van der Waals surface area contributed by atoms with Crippen molar-refractivity contribution in [3.63, 3.8) is 0 Å². The number of aromatic amines is 1. The van der Waals surface area contributed by atoms with E-state index in [0.29, 0.717) is 5.69 Å². The molecule has 0 saturated heterocycles. The fourth-order valence-electron chi connectivity index (χ4n) is 0.871. The number of para-hydroxylation sites is 1. The third-order valence-electron chi connectivity index (χ3n) is 1.39. The number of aromatic nitrogens is 4. The van der Waals surface area contributed by atoms with Gasteiger partial charge < -0.3 is 0 Å². The Morgan fingerprint density at radius 1 is 1.50 bits per heavy atom. The molecule has 0 bridgehead atoms. The van der Waals surface area contributed by atoms with Crippen LogP contribution in [0.1, 0.15) is 0 Å². The summed E-state index contributed by atoms with van der Waals surface area (Å²) in [6, 6.07) is 9.90. The van der Waals surface area contributed by atoms with Crippen LogP contribution < -0.4 is 5.69 Å². The Balaban J connectivity index is 2.59. The summed E-state index contributed by atoms with van der Waals surface area (Å²) in [5.74, 6) is 0. The summed E-state index contributed by atoms with van der Waals surface area (Å²) >= 11 is 0. The van der Waals surface area contributed by atoms with E-state index >= 15 is 0 Å². The minimum absolute atomic E-state index is 0.363. The summed E-state index contributed by atoms with van der Waals surface area (Å²) in [5.41, 5.74) is 0.216. The highest BCUT2D eigenvalue weighted by molar-refractivity contribution is 5.27. The summed E-state index contributed by atoms with van der Waals surface area (Å²) in [7, 11) is 0. The van der Waals surface area contributed by atoms with Crippen LogP contribution in [0.4, 0.5) is 0 Å². The molecule has 2 aromatic rings. The lowest BCUT2D eigenvalue weighted by Crippen LogP contribution is -2.15. The van der Waals surface area contributed by atoms with Gasteiger partial charge in [0.1, 0.15) is 0 Å². The number of nitrogens with one attached hydrogen (secondary N) is 1. The molecule has 1 N–H and O–H groups in total. The van der Waals surface area contributed by atoms with Crippen LogP contribution in [0.15, 0.2) is 29.1 Å². The number of nitrogens with zero attached hydrogens (tertiary/aromatic N) is 3. The predicted octanol–water partition coefficient (Wildman–Crippen LogP) is -0.244. The molecule has 5 nitrogen and oxygen atoms in total. The number of benzene rings is 1. The predicted molar refractivity (Wildman–Crippen MR) is 40.8 cm³/mol. The Morgan fingerprint density at radius 3 is 3.00 bits per heavy atom. The fourth-order valence-corrected chi connectivity index (χ4v) is 0.871. The molecule has 1 heterocycles. The lowest BCUT2D eigenvalue weighted by atomic mass is 10.3. The van der Waals surface area contributed by atoms with Gasteiger partial charge in [-0.15, -0.1) is 0 Å². The minimum atomic E-state index is -0.363. The molecule has 0 aliphatic heterocycles. The summed E-state index contributed by atoms with van der Waals surface area (Å²) in [6.45, 7) is 0. The number of tetrazole rings is 1. The van der Waals surface area contributed by atoms with E-state index in [4.69, 9.17) is 0 Å². The van der Waals surface area contributed by atoms with Crippen molar-refractivity contribution < 1.29 is 0 Å². The lowest BCUT2D eigenvalue weighted by molar-refractivity contribution is 0.779. The van der Waals surface area contributed by atoms with Gasteiger partial charge in [-0.1, -0.05) is 18.2 Å². The Hall–Kier alpha value is -1.91. The van der Waals surface area contributed by atoms with Crippen LogP contribution in [0.2, 0.25) is 0 Å². The van der Waals surface area contributed by atoms with Crippen LogP contribution >= 0.6 is 0 Å². The standard InChI is InChI=1S/C7H5N4O/c12-7-8-9-10-11(7)6-4-2-1-3-5-6/h1-4H,(H,8,10,12). The van der Waals surface area contributed by atoms with E-state index in [0.717, 1.165) is 4.68 Å². The molecular weight excluding hydrogens is 156 g/mol. The molecule has 0 saturated carbocycles. The number of H-pyrrole nitrogens is 1. The van der Waals surface area contributed by atoms with Gasteiger partial charge in [0, 0.05) is 6.07 Å². The summed E-state index contributed by atoms with van der Waals surface area (Å²) < 4.78 is 1.14. The van der Waals surface area contributed by atoms with Gasteiger partial charge in [0.25, 0.3) is 0 Å². The van der Waals surface area contributed by atoms with Crippen molar-refractivity contribution in [2.75, 3.05) is 0 Å². The smallest absolute Gasteiger partial charge is 0.244 e. The molecule has 12 heavy (non-hydrogen) atoms. The Bertz CT molecular complexity index is 416. The molecule has 0 atom stereocenters. The zero-order chi connectivity index (χ0) is 8.39. The largest absolute Gasteiger partial charge is 0.365 e. The Kier molecular flexibility index (Phi) is 1.48. The summed E-state index contributed by atoms with van der Waals surface area (Å²) in [4.78, 5) is 11.0. The average molecular weight is 161 g/mol. The first-order chi connectivity index (χ1) is 5.88. The fraction of sp³-hybridized carbons (Fsp3) is 0. The number of hydrogen-bond acceptors (Lipinski definition) is 3. The molecule has 0 unspecified atom stereocenters. The molecule has 5 heteroatoms. The number of rotatable bonds is 1. The average Bonchev–Trinajstić information content (AvgIpc) is 2.53. The van der Waals surface area contributed by atoms with Crippen LogP contribution in [-0.2, 0) is 0 Å². The van der Waals surface area contributed by atoms with E-state index in [1.165, 1.54) is 0 Å². The van der Waals surface area contributed by atoms with Crippen molar-refractivity contribution in [1.29, 1.82) is 0 Å². The molecule has 1 aromatic carbocycles. The minimum Gasteiger partial charge on any atom is -0.244 e. The first-order valence-corrected chi connectivity index (χ1v) is 3.35. The van der Waals surface area contributed by atoms with Gasteiger partial charge in [0.05, 0.1) is 5.69 Å². The van der Waals surface area contributed by atoms with Gasteiger partial charge in [0.2, 0.25) is 0 Å². The monoisotopic (exact) mass is 161 g/mol. The molecule has 0 spiro atoms. The summed E-state index contributed by atoms with van der Waals surface area (Å²) in [5, 5.41) is 9.10. The van der Waals surface area contributed by atoms with Crippen LogP contribution in [0, 0.1) is 6.07 Å². The Morgan fingerprint density at radius 2 is 2.42 bits per heavy atom. The van der Waals surface area contributed by atoms with E-state index < -0.39 is 0 Å². The van der Waals surface area contributed by atoms with Gasteiger partial charge in [-0.2, -0.15) is 4.68 Å². The maximum absolute atomic E-state index is 11.0. The van der Waals surface area contributed by atoms with Crippen LogP contribution in [0.5, 0.6) is 0 Å². The second-order valence-electron chi connectivity index (χ2n) is 2.17. The maximum Gasteiger partial charge on any atom is 0.365 e. The van der Waals surface area contributed by atoms with Crippen molar-refractivity contribution in [1.82, 2.24) is 20.2 Å². The zero-order valence-electron chi connectivity index (χ0n) is 6.06. The second-order valence-corrected chi connectivity index (χ2v) is 2.17. The number of hydrogen-bond donors (Lipinski definition) is 1. The second kappa shape index (κ2) is 2.61. The zero-order valence-corrected chi connectivity index (χ0v) is 6.06. The topological polar surface area (TPSA) is 63.6 Å². The highest BCUT2D eigenvalue weighted by atomic mass is 16.2. The highest BCUT2D eigenvalue weighted by Gasteiger charge is 1.99. The van der Waals surface area contributed by atoms with Crippen molar-refractivity contribution in [3.8, 4) is 5.69 Å². The Labute approximate surface area is 67.6 Å². The van der Waals surface area contributed by atoms with E-state index in [-0.39, 0.29) is 5.69 Å². The lowest BCUT2D eigenvalue weighted by Gasteiger charge is -1.93. The van der Waals surface area contributed by atoms with Crippen molar-refractivity contribution in [3.05, 3.63) is 40.8 Å². The quantitative estimate of drug-likeness (QED) is 0.627. The van der Waals surface area contributed by atoms with Crippen LogP contribution in [-0.4, -0.2) is 20.2 Å². The highest BCUT2D eigenvalue weighted by Crippen LogP contribution is 1.98. The van der Waals surface area contributed by atoms with E-state index in [9.17, 15) is 4.79 Å². The van der Waals surface area contributed by atoms with Crippen molar-refractivity contribution in [2.45, 2.75) is 0 Å². The third-order valence-corrected chi connectivity index (χ3v) is 1.39. The van der Waals surface area contributed by atoms with Crippen molar-refractivity contribution >= 4 is 0 Å². The molecule has 0 amide bonds. The third kappa shape index (κ3) is 1.01.